The highest BCUT2D eigenvalue weighted by molar-refractivity contribution is 5.64. The number of urea groups is 1. The van der Waals surface area contributed by atoms with E-state index in [9.17, 15) is 4.79 Å². The molecule has 1 atom stereocenters. The van der Waals surface area contributed by atoms with Gasteiger partial charge in [-0.15, -0.1) is 0 Å². The molecule has 0 saturated carbocycles. The molecule has 0 bridgehead atoms. The van der Waals surface area contributed by atoms with Crippen molar-refractivity contribution >= 4 is 6.03 Å². The van der Waals surface area contributed by atoms with E-state index in [0.29, 0.717) is 6.54 Å². The molecule has 8 heavy (non-hydrogen) atoms. The number of primary amides is 1. The first kappa shape index (κ1) is 7.43. The van der Waals surface area contributed by atoms with Gasteiger partial charge in [0.25, 0.3) is 0 Å². The average Bonchev–Trinajstić information content (AvgIpc) is 1.67. The highest BCUT2D eigenvalue weighted by Gasteiger charge is 2.19. The highest BCUT2D eigenvalue weighted by atomic mass is 16.2. The lowest BCUT2D eigenvalue weighted by Gasteiger charge is -2.20. The Morgan fingerprint density at radius 1 is 1.88 bits per heavy atom. The first-order valence-corrected chi connectivity index (χ1v) is 2.50. The molecule has 3 heteroatoms. The molecule has 0 aliphatic carbocycles. The molecule has 3 nitrogen and oxygen atoms in total. The van der Waals surface area contributed by atoms with E-state index in [4.69, 9.17) is 5.73 Å². The molecule has 2 N–H and O–H groups in total. The van der Waals surface area contributed by atoms with Crippen molar-refractivity contribution in [1.29, 1.82) is 0 Å². The van der Waals surface area contributed by atoms with Crippen molar-refractivity contribution in [2.45, 2.75) is 6.92 Å². The minimum atomic E-state index is -0.396. The number of amides is 2. The van der Waals surface area contributed by atoms with Gasteiger partial charge in [-0.25, -0.2) is 9.28 Å². The summed E-state index contributed by atoms with van der Waals surface area (Å²) in [5.41, 5.74) is 4.95. The number of nitrogens with zero attached hydrogens (tertiary/aromatic N) is 1. The molecule has 0 aromatic carbocycles. The zero-order valence-corrected chi connectivity index (χ0v) is 5.35. The van der Waals surface area contributed by atoms with Gasteiger partial charge < -0.3 is 5.73 Å². The van der Waals surface area contributed by atoms with Crippen molar-refractivity contribution in [3.05, 3.63) is 7.05 Å². The summed E-state index contributed by atoms with van der Waals surface area (Å²) >= 11 is 0. The van der Waals surface area contributed by atoms with Crippen LogP contribution in [-0.2, 0) is 0 Å². The minimum Gasteiger partial charge on any atom is -0.319 e. The van der Waals surface area contributed by atoms with Crippen LogP contribution in [0.25, 0.3) is 0 Å². The summed E-state index contributed by atoms with van der Waals surface area (Å²) in [5, 5.41) is 0. The summed E-state index contributed by atoms with van der Waals surface area (Å²) in [6.45, 7) is 2.49. The normalized spacial score (nSPS) is 11.4. The SMILES string of the molecule is [CH2][N+](C)(CC)C(N)=O. The second kappa shape index (κ2) is 2.13. The number of carbonyl (C=O) groups is 1. The van der Waals surface area contributed by atoms with Gasteiger partial charge in [0.05, 0.1) is 13.6 Å². The summed E-state index contributed by atoms with van der Waals surface area (Å²) < 4.78 is 0.0139. The van der Waals surface area contributed by atoms with E-state index in [1.54, 1.807) is 7.05 Å². The third-order valence-electron chi connectivity index (χ3n) is 1.23. The Kier molecular flexibility index (Phi) is 1.98. The summed E-state index contributed by atoms with van der Waals surface area (Å²) in [6, 6.07) is -0.396. The third kappa shape index (κ3) is 1.50. The Balaban J connectivity index is 3.91. The number of nitrogens with two attached hydrogens (primary N) is 1. The van der Waals surface area contributed by atoms with Crippen LogP contribution in [0.15, 0.2) is 0 Å². The molecule has 1 unspecified atom stereocenters. The van der Waals surface area contributed by atoms with E-state index in [1.165, 1.54) is 0 Å². The quantitative estimate of drug-likeness (QED) is 0.493. The van der Waals surface area contributed by atoms with Crippen LogP contribution in [0.4, 0.5) is 4.79 Å². The van der Waals surface area contributed by atoms with Gasteiger partial charge >= 0.3 is 6.03 Å². The van der Waals surface area contributed by atoms with Gasteiger partial charge in [-0.3, -0.25) is 0 Å². The lowest BCUT2D eigenvalue weighted by molar-refractivity contribution is -0.779. The van der Waals surface area contributed by atoms with Crippen LogP contribution in [-0.4, -0.2) is 24.1 Å². The summed E-state index contributed by atoms with van der Waals surface area (Å²) in [4.78, 5) is 10.4. The Hall–Kier alpha value is -0.570. The Bertz CT molecular complexity index is 98.6. The number of hydrogen-bond donors (Lipinski definition) is 1. The van der Waals surface area contributed by atoms with Crippen LogP contribution in [0.5, 0.6) is 0 Å². The number of rotatable bonds is 1. The average molecular weight is 116 g/mol. The lowest BCUT2D eigenvalue weighted by atomic mass is 10.5. The fourth-order valence-electron chi connectivity index (χ4n) is 0.156. The Morgan fingerprint density at radius 3 is 2.25 bits per heavy atom. The van der Waals surface area contributed by atoms with E-state index in [1.807, 2.05) is 6.92 Å². The molecule has 0 aromatic rings. The summed E-state index contributed by atoms with van der Waals surface area (Å²) in [7, 11) is 5.22. The number of carbonyl (C=O) groups excluding carboxylic acids is 1. The van der Waals surface area contributed by atoms with E-state index >= 15 is 0 Å². The van der Waals surface area contributed by atoms with Crippen molar-refractivity contribution in [1.82, 2.24) is 0 Å². The zero-order chi connectivity index (χ0) is 6.78. The second-order valence-corrected chi connectivity index (χ2v) is 2.05. The second-order valence-electron chi connectivity index (χ2n) is 2.05. The van der Waals surface area contributed by atoms with Crippen molar-refractivity contribution in [2.75, 3.05) is 13.6 Å². The lowest BCUT2D eigenvalue weighted by Crippen LogP contribution is -2.46. The highest BCUT2D eigenvalue weighted by Crippen LogP contribution is 1.95. The number of quaternary nitrogens is 1. The standard InChI is InChI=1S/C5H12N2O/c1-4-7(2,3)5(6)8/h2,4H2,1,3H3,(H2,6,8)/q+1. The van der Waals surface area contributed by atoms with Gasteiger partial charge in [-0.1, -0.05) is 0 Å². The van der Waals surface area contributed by atoms with E-state index in [0.717, 1.165) is 0 Å². The molecule has 0 aromatic heterocycles. The van der Waals surface area contributed by atoms with Crippen LogP contribution >= 0.6 is 0 Å². The van der Waals surface area contributed by atoms with Gasteiger partial charge in [0.1, 0.15) is 7.05 Å². The minimum absolute atomic E-state index is 0.0139. The molecule has 0 spiro atoms. The maximum atomic E-state index is 10.4. The van der Waals surface area contributed by atoms with Crippen molar-refractivity contribution in [2.24, 2.45) is 5.73 Å². The topological polar surface area (TPSA) is 43.1 Å². The van der Waals surface area contributed by atoms with Gasteiger partial charge in [0.2, 0.25) is 0 Å². The van der Waals surface area contributed by atoms with Crippen molar-refractivity contribution in [3.63, 3.8) is 0 Å². The summed E-state index contributed by atoms with van der Waals surface area (Å²) in [5.74, 6) is 0. The molecule has 0 rings (SSSR count). The van der Waals surface area contributed by atoms with Crippen LogP contribution in [0.3, 0.4) is 0 Å². The van der Waals surface area contributed by atoms with Crippen LogP contribution in [0.2, 0.25) is 0 Å². The van der Waals surface area contributed by atoms with Gasteiger partial charge in [-0.2, -0.15) is 0 Å². The van der Waals surface area contributed by atoms with Gasteiger partial charge in [-0.05, 0) is 6.92 Å². The largest absolute Gasteiger partial charge is 0.413 e. The molecule has 0 heterocycles. The van der Waals surface area contributed by atoms with Gasteiger partial charge in [0.15, 0.2) is 0 Å². The molecule has 47 valence electrons. The molecule has 0 aliphatic heterocycles. The maximum absolute atomic E-state index is 10.4. The van der Waals surface area contributed by atoms with E-state index in [2.05, 4.69) is 7.05 Å². The van der Waals surface area contributed by atoms with Crippen molar-refractivity contribution < 1.29 is 9.28 Å². The van der Waals surface area contributed by atoms with Gasteiger partial charge in [0, 0.05) is 0 Å². The molecule has 0 fully saturated rings. The molecule has 0 saturated heterocycles. The fourth-order valence-corrected chi connectivity index (χ4v) is 0.156. The Labute approximate surface area is 49.7 Å². The smallest absolute Gasteiger partial charge is 0.319 e. The van der Waals surface area contributed by atoms with Crippen LogP contribution in [0, 0.1) is 7.05 Å². The first-order valence-electron chi connectivity index (χ1n) is 2.50. The first-order chi connectivity index (χ1) is 3.50. The molecular formula is C5H12N2O+. The zero-order valence-electron chi connectivity index (χ0n) is 5.35. The van der Waals surface area contributed by atoms with E-state index < -0.39 is 6.03 Å². The third-order valence-corrected chi connectivity index (χ3v) is 1.23. The maximum Gasteiger partial charge on any atom is 0.413 e. The molecule has 1 radical (unpaired) electrons. The predicted octanol–water partition coefficient (Wildman–Crippen LogP) is 0.323. The van der Waals surface area contributed by atoms with Crippen LogP contribution < -0.4 is 5.73 Å². The molecule has 2 amide bonds. The monoisotopic (exact) mass is 116 g/mol. The summed E-state index contributed by atoms with van der Waals surface area (Å²) in [6.07, 6.45) is 0. The molecular weight excluding hydrogens is 104 g/mol. The molecule has 0 aliphatic rings. The van der Waals surface area contributed by atoms with Crippen molar-refractivity contribution in [3.8, 4) is 0 Å². The number of hydrogen-bond acceptors (Lipinski definition) is 1. The predicted molar refractivity (Wildman–Crippen MR) is 31.7 cm³/mol. The van der Waals surface area contributed by atoms with E-state index in [-0.39, 0.29) is 4.48 Å². The fraction of sp³-hybridized carbons (Fsp3) is 0.600. The van der Waals surface area contributed by atoms with Crippen LogP contribution in [0.1, 0.15) is 6.92 Å². The Morgan fingerprint density at radius 2 is 2.25 bits per heavy atom.